The highest BCUT2D eigenvalue weighted by Gasteiger charge is 2.14. The number of aromatic nitrogens is 1. The molecule has 5 heteroatoms. The van der Waals surface area contributed by atoms with Gasteiger partial charge in [-0.1, -0.05) is 6.07 Å². The van der Waals surface area contributed by atoms with Crippen LogP contribution in [-0.4, -0.2) is 35.6 Å². The van der Waals surface area contributed by atoms with Crippen LogP contribution in [0.1, 0.15) is 5.56 Å². The fourth-order valence-corrected chi connectivity index (χ4v) is 2.36. The molecule has 2 aromatic rings. The number of fused-ring (bicyclic) bond motifs is 1. The number of nitrogens with zero attached hydrogens (tertiary/aromatic N) is 2. The van der Waals surface area contributed by atoms with E-state index in [4.69, 9.17) is 4.42 Å². The third kappa shape index (κ3) is 2.07. The van der Waals surface area contributed by atoms with E-state index >= 15 is 0 Å². The van der Waals surface area contributed by atoms with Crippen LogP contribution >= 0.6 is 0 Å². The van der Waals surface area contributed by atoms with Crippen molar-refractivity contribution in [2.45, 2.75) is 13.6 Å². The first-order chi connectivity index (χ1) is 8.74. The molecule has 18 heavy (non-hydrogen) atoms. The van der Waals surface area contributed by atoms with Crippen molar-refractivity contribution in [3.63, 3.8) is 0 Å². The van der Waals surface area contributed by atoms with Crippen molar-refractivity contribution >= 4 is 11.1 Å². The Morgan fingerprint density at radius 3 is 2.89 bits per heavy atom. The van der Waals surface area contributed by atoms with Crippen LogP contribution in [0.2, 0.25) is 0 Å². The molecule has 96 valence electrons. The molecule has 1 aromatic carbocycles. The van der Waals surface area contributed by atoms with E-state index in [0.29, 0.717) is 12.3 Å². The van der Waals surface area contributed by atoms with E-state index in [1.54, 1.807) is 4.57 Å². The SMILES string of the molecule is Cc1ccc2oc(=O)n(CN3CCNCC3)c2c1. The Hall–Kier alpha value is -1.59. The minimum atomic E-state index is -0.269. The van der Waals surface area contributed by atoms with Crippen LogP contribution in [0.5, 0.6) is 0 Å². The van der Waals surface area contributed by atoms with Gasteiger partial charge in [0.05, 0.1) is 12.2 Å². The number of nitrogens with one attached hydrogen (secondary N) is 1. The van der Waals surface area contributed by atoms with Crippen LogP contribution in [0.15, 0.2) is 27.4 Å². The van der Waals surface area contributed by atoms with Crippen LogP contribution in [0, 0.1) is 6.92 Å². The van der Waals surface area contributed by atoms with Crippen LogP contribution in [0.25, 0.3) is 11.1 Å². The molecular weight excluding hydrogens is 230 g/mol. The van der Waals surface area contributed by atoms with Crippen molar-refractivity contribution in [1.82, 2.24) is 14.8 Å². The summed E-state index contributed by atoms with van der Waals surface area (Å²) < 4.78 is 6.98. The van der Waals surface area contributed by atoms with Crippen molar-refractivity contribution < 1.29 is 4.42 Å². The Kier molecular flexibility index (Phi) is 2.93. The number of hydrogen-bond donors (Lipinski definition) is 1. The molecule has 0 aliphatic carbocycles. The first-order valence-electron chi connectivity index (χ1n) is 6.27. The monoisotopic (exact) mass is 247 g/mol. The lowest BCUT2D eigenvalue weighted by Crippen LogP contribution is -2.45. The second-order valence-corrected chi connectivity index (χ2v) is 4.78. The van der Waals surface area contributed by atoms with Gasteiger partial charge in [0.2, 0.25) is 0 Å². The summed E-state index contributed by atoms with van der Waals surface area (Å²) in [5.41, 5.74) is 2.69. The fourth-order valence-electron chi connectivity index (χ4n) is 2.36. The van der Waals surface area contributed by atoms with Gasteiger partial charge in [0.25, 0.3) is 0 Å². The van der Waals surface area contributed by atoms with Gasteiger partial charge in [-0.2, -0.15) is 0 Å². The first-order valence-corrected chi connectivity index (χ1v) is 6.27. The summed E-state index contributed by atoms with van der Waals surface area (Å²) in [6.45, 7) is 6.51. The minimum absolute atomic E-state index is 0.269. The summed E-state index contributed by atoms with van der Waals surface area (Å²) in [4.78, 5) is 14.1. The molecule has 1 N–H and O–H groups in total. The molecule has 0 saturated carbocycles. The van der Waals surface area contributed by atoms with Gasteiger partial charge in [0.1, 0.15) is 0 Å². The smallest absolute Gasteiger partial charge is 0.408 e. The highest BCUT2D eigenvalue weighted by molar-refractivity contribution is 5.73. The Bertz CT molecular complexity index is 608. The van der Waals surface area contributed by atoms with E-state index in [1.807, 2.05) is 25.1 Å². The van der Waals surface area contributed by atoms with E-state index in [-0.39, 0.29) is 5.76 Å². The normalized spacial score (nSPS) is 17.4. The molecule has 1 aliphatic rings. The van der Waals surface area contributed by atoms with E-state index < -0.39 is 0 Å². The van der Waals surface area contributed by atoms with Crippen molar-refractivity contribution in [2.24, 2.45) is 0 Å². The number of piperazine rings is 1. The maximum atomic E-state index is 11.9. The average molecular weight is 247 g/mol. The molecular formula is C13H17N3O2. The summed E-state index contributed by atoms with van der Waals surface area (Å²) in [7, 11) is 0. The topological polar surface area (TPSA) is 50.4 Å². The van der Waals surface area contributed by atoms with Crippen LogP contribution < -0.4 is 11.1 Å². The van der Waals surface area contributed by atoms with Gasteiger partial charge in [0.15, 0.2) is 5.58 Å². The molecule has 0 radical (unpaired) electrons. The Labute approximate surface area is 105 Å². The lowest BCUT2D eigenvalue weighted by Gasteiger charge is -2.26. The van der Waals surface area contributed by atoms with Gasteiger partial charge in [-0.25, -0.2) is 4.79 Å². The van der Waals surface area contributed by atoms with E-state index in [9.17, 15) is 4.79 Å². The second kappa shape index (κ2) is 4.59. The lowest BCUT2D eigenvalue weighted by molar-refractivity contribution is 0.189. The number of rotatable bonds is 2. The third-order valence-corrected chi connectivity index (χ3v) is 3.37. The van der Waals surface area contributed by atoms with Crippen molar-refractivity contribution in [1.29, 1.82) is 0 Å². The van der Waals surface area contributed by atoms with Gasteiger partial charge in [-0.05, 0) is 24.6 Å². The first kappa shape index (κ1) is 11.5. The summed E-state index contributed by atoms with van der Waals surface area (Å²) in [5.74, 6) is -0.269. The summed E-state index contributed by atoms with van der Waals surface area (Å²) >= 11 is 0. The number of benzene rings is 1. The highest BCUT2D eigenvalue weighted by atomic mass is 16.4. The molecule has 2 heterocycles. The molecule has 0 bridgehead atoms. The van der Waals surface area contributed by atoms with E-state index in [2.05, 4.69) is 10.2 Å². The number of oxazole rings is 1. The largest absolute Gasteiger partial charge is 0.421 e. The quantitative estimate of drug-likeness (QED) is 0.851. The van der Waals surface area contributed by atoms with E-state index in [1.165, 1.54) is 0 Å². The molecule has 1 aliphatic heterocycles. The number of hydrogen-bond acceptors (Lipinski definition) is 4. The Morgan fingerprint density at radius 1 is 1.33 bits per heavy atom. The van der Waals surface area contributed by atoms with Gasteiger partial charge in [-0.15, -0.1) is 0 Å². The summed E-state index contributed by atoms with van der Waals surface area (Å²) in [6, 6.07) is 5.82. The van der Waals surface area contributed by atoms with Crippen LogP contribution in [-0.2, 0) is 6.67 Å². The predicted molar refractivity (Wildman–Crippen MR) is 69.7 cm³/mol. The maximum absolute atomic E-state index is 11.9. The molecule has 0 atom stereocenters. The predicted octanol–water partition coefficient (Wildman–Crippen LogP) is 0.766. The molecule has 1 fully saturated rings. The van der Waals surface area contributed by atoms with Gasteiger partial charge in [-0.3, -0.25) is 9.47 Å². The molecule has 1 aromatic heterocycles. The zero-order valence-electron chi connectivity index (χ0n) is 10.5. The van der Waals surface area contributed by atoms with Crippen molar-refractivity contribution in [3.05, 3.63) is 34.3 Å². The zero-order valence-corrected chi connectivity index (χ0v) is 10.5. The molecule has 1 saturated heterocycles. The molecule has 0 amide bonds. The van der Waals surface area contributed by atoms with Crippen LogP contribution in [0.4, 0.5) is 0 Å². The summed E-state index contributed by atoms with van der Waals surface area (Å²) in [5, 5.41) is 3.30. The lowest BCUT2D eigenvalue weighted by atomic mass is 10.2. The fraction of sp³-hybridized carbons (Fsp3) is 0.462. The Balaban J connectivity index is 1.97. The maximum Gasteiger partial charge on any atom is 0.421 e. The van der Waals surface area contributed by atoms with Crippen LogP contribution in [0.3, 0.4) is 0 Å². The third-order valence-electron chi connectivity index (χ3n) is 3.37. The molecule has 0 spiro atoms. The van der Waals surface area contributed by atoms with Crippen molar-refractivity contribution in [2.75, 3.05) is 26.2 Å². The standard InChI is InChI=1S/C13H17N3O2/c1-10-2-3-12-11(8-10)16(13(17)18-12)9-15-6-4-14-5-7-15/h2-3,8,14H,4-7,9H2,1H3. The second-order valence-electron chi connectivity index (χ2n) is 4.78. The molecule has 3 rings (SSSR count). The van der Waals surface area contributed by atoms with E-state index in [0.717, 1.165) is 37.3 Å². The van der Waals surface area contributed by atoms with Gasteiger partial charge < -0.3 is 9.73 Å². The van der Waals surface area contributed by atoms with Gasteiger partial charge >= 0.3 is 5.76 Å². The zero-order chi connectivity index (χ0) is 12.5. The molecule has 5 nitrogen and oxygen atoms in total. The molecule has 0 unspecified atom stereocenters. The highest BCUT2D eigenvalue weighted by Crippen LogP contribution is 2.15. The van der Waals surface area contributed by atoms with Crippen molar-refractivity contribution in [3.8, 4) is 0 Å². The average Bonchev–Trinajstić information content (AvgIpc) is 2.67. The van der Waals surface area contributed by atoms with Gasteiger partial charge in [0, 0.05) is 26.2 Å². The summed E-state index contributed by atoms with van der Waals surface area (Å²) in [6.07, 6.45) is 0. The Morgan fingerprint density at radius 2 is 2.11 bits per heavy atom. The minimum Gasteiger partial charge on any atom is -0.408 e. The number of aryl methyl sites for hydroxylation is 1.